The van der Waals surface area contributed by atoms with Crippen LogP contribution in [0.2, 0.25) is 0 Å². The number of likely N-dealkylation sites (tertiary alicyclic amines) is 1. The van der Waals surface area contributed by atoms with E-state index in [2.05, 4.69) is 26.1 Å². The maximum atomic E-state index is 12.4. The Balaban J connectivity index is 1.92. The molecule has 0 spiro atoms. The molecule has 0 radical (unpaired) electrons. The van der Waals surface area contributed by atoms with Crippen LogP contribution >= 0.6 is 0 Å². The largest absolute Gasteiger partial charge is 0.444 e. The van der Waals surface area contributed by atoms with Gasteiger partial charge in [0.1, 0.15) is 5.60 Å². The number of nitrogens with zero attached hydrogens (tertiary/aromatic N) is 1. The summed E-state index contributed by atoms with van der Waals surface area (Å²) in [5.74, 6) is 0. The Labute approximate surface area is 136 Å². The van der Waals surface area contributed by atoms with Gasteiger partial charge in [0.05, 0.1) is 0 Å². The van der Waals surface area contributed by atoms with Gasteiger partial charge in [-0.25, -0.2) is 4.79 Å². The van der Waals surface area contributed by atoms with Crippen LogP contribution < -0.4 is 5.32 Å². The summed E-state index contributed by atoms with van der Waals surface area (Å²) in [6.45, 7) is 13.4. The van der Waals surface area contributed by atoms with E-state index < -0.39 is 5.60 Å². The molecule has 0 aromatic carbocycles. The number of carbonyl (C=O) groups is 1. The Morgan fingerprint density at radius 2 is 1.95 bits per heavy atom. The van der Waals surface area contributed by atoms with Crippen molar-refractivity contribution in [3.63, 3.8) is 0 Å². The van der Waals surface area contributed by atoms with Crippen LogP contribution in [0.25, 0.3) is 0 Å². The maximum absolute atomic E-state index is 12.4. The summed E-state index contributed by atoms with van der Waals surface area (Å²) in [5.41, 5.74) is 0.0348. The molecule has 0 aromatic rings. The lowest BCUT2D eigenvalue weighted by Crippen LogP contribution is -2.57. The first-order chi connectivity index (χ1) is 10.1. The predicted octanol–water partition coefficient (Wildman–Crippen LogP) is 3.94. The Bertz CT molecular complexity index is 400. The van der Waals surface area contributed by atoms with Gasteiger partial charge in [0, 0.05) is 24.7 Å². The summed E-state index contributed by atoms with van der Waals surface area (Å²) >= 11 is 0. The molecular formula is C18H34N2O2. The van der Waals surface area contributed by atoms with Crippen LogP contribution in [-0.4, -0.2) is 41.3 Å². The lowest BCUT2D eigenvalue weighted by atomic mass is 9.91. The summed E-state index contributed by atoms with van der Waals surface area (Å²) in [4.78, 5) is 14.3. The van der Waals surface area contributed by atoms with Gasteiger partial charge < -0.3 is 15.0 Å². The molecule has 128 valence electrons. The number of rotatable bonds is 2. The van der Waals surface area contributed by atoms with Crippen molar-refractivity contribution >= 4 is 6.09 Å². The second kappa shape index (κ2) is 6.38. The molecule has 0 aromatic heterocycles. The summed E-state index contributed by atoms with van der Waals surface area (Å²) in [6, 6.07) is 1.19. The highest BCUT2D eigenvalue weighted by atomic mass is 16.6. The van der Waals surface area contributed by atoms with Crippen LogP contribution in [0.15, 0.2) is 0 Å². The molecular weight excluding hydrogens is 276 g/mol. The molecule has 4 heteroatoms. The fraction of sp³-hybridized carbons (Fsp3) is 0.944. The molecule has 1 amide bonds. The van der Waals surface area contributed by atoms with Crippen LogP contribution in [0.1, 0.15) is 73.6 Å². The van der Waals surface area contributed by atoms with Gasteiger partial charge in [-0.2, -0.15) is 0 Å². The van der Waals surface area contributed by atoms with Crippen LogP contribution in [0.4, 0.5) is 4.79 Å². The molecule has 1 saturated carbocycles. The monoisotopic (exact) mass is 310 g/mol. The van der Waals surface area contributed by atoms with Crippen molar-refractivity contribution in [2.45, 2.75) is 97.4 Å². The summed E-state index contributed by atoms with van der Waals surface area (Å²) in [7, 11) is 0. The highest BCUT2D eigenvalue weighted by Crippen LogP contribution is 2.37. The van der Waals surface area contributed by atoms with Crippen molar-refractivity contribution in [2.75, 3.05) is 6.54 Å². The van der Waals surface area contributed by atoms with Crippen LogP contribution in [0, 0.1) is 5.41 Å². The first-order valence-corrected chi connectivity index (χ1v) is 8.83. The van der Waals surface area contributed by atoms with Crippen molar-refractivity contribution < 1.29 is 9.53 Å². The summed E-state index contributed by atoms with van der Waals surface area (Å²) < 4.78 is 5.56. The molecule has 1 N–H and O–H groups in total. The Kier molecular flexibility index (Phi) is 5.10. The topological polar surface area (TPSA) is 41.6 Å². The minimum atomic E-state index is -0.424. The van der Waals surface area contributed by atoms with Gasteiger partial charge in [-0.15, -0.1) is 0 Å². The second-order valence-electron chi connectivity index (χ2n) is 8.93. The third-order valence-electron chi connectivity index (χ3n) is 5.03. The molecule has 2 fully saturated rings. The molecule has 1 heterocycles. The summed E-state index contributed by atoms with van der Waals surface area (Å²) in [5, 5.41) is 3.82. The van der Waals surface area contributed by atoms with Crippen LogP contribution in [0.5, 0.6) is 0 Å². The van der Waals surface area contributed by atoms with E-state index in [0.29, 0.717) is 17.5 Å². The van der Waals surface area contributed by atoms with Gasteiger partial charge >= 0.3 is 6.09 Å². The average molecular weight is 310 g/mol. The quantitative estimate of drug-likeness (QED) is 0.840. The zero-order valence-electron chi connectivity index (χ0n) is 15.2. The predicted molar refractivity (Wildman–Crippen MR) is 90.0 cm³/mol. The number of amides is 1. The lowest BCUT2D eigenvalue weighted by Gasteiger charge is -2.41. The Morgan fingerprint density at radius 1 is 1.27 bits per heavy atom. The molecule has 3 unspecified atom stereocenters. The van der Waals surface area contributed by atoms with Gasteiger partial charge in [-0.05, 0) is 65.2 Å². The number of ether oxygens (including phenoxy) is 1. The van der Waals surface area contributed by atoms with Crippen molar-refractivity contribution in [3.8, 4) is 0 Å². The van der Waals surface area contributed by atoms with Crippen molar-refractivity contribution in [2.24, 2.45) is 5.41 Å². The van der Waals surface area contributed by atoms with Gasteiger partial charge in [-0.3, -0.25) is 0 Å². The second-order valence-corrected chi connectivity index (χ2v) is 8.93. The van der Waals surface area contributed by atoms with E-state index in [9.17, 15) is 4.79 Å². The van der Waals surface area contributed by atoms with Gasteiger partial charge in [0.25, 0.3) is 0 Å². The third-order valence-corrected chi connectivity index (χ3v) is 5.03. The van der Waals surface area contributed by atoms with E-state index in [1.807, 2.05) is 25.7 Å². The highest BCUT2D eigenvalue weighted by Gasteiger charge is 2.37. The average Bonchev–Trinajstić information content (AvgIpc) is 2.69. The van der Waals surface area contributed by atoms with Crippen LogP contribution in [0.3, 0.4) is 0 Å². The SMILES string of the molecule is CC1C(NC2CCC(C)(C)C2)CCCN1C(=O)OC(C)(C)C. The number of carbonyl (C=O) groups excluding carboxylic acids is 1. The Morgan fingerprint density at radius 3 is 2.50 bits per heavy atom. The third kappa shape index (κ3) is 4.61. The maximum Gasteiger partial charge on any atom is 0.410 e. The molecule has 1 aliphatic heterocycles. The lowest BCUT2D eigenvalue weighted by molar-refractivity contribution is 0.00627. The van der Waals surface area contributed by atoms with E-state index in [1.165, 1.54) is 19.3 Å². The first kappa shape index (κ1) is 17.6. The first-order valence-electron chi connectivity index (χ1n) is 8.83. The van der Waals surface area contributed by atoms with Gasteiger partial charge in [-0.1, -0.05) is 13.8 Å². The van der Waals surface area contributed by atoms with E-state index in [0.717, 1.165) is 19.4 Å². The fourth-order valence-electron chi connectivity index (χ4n) is 3.83. The minimum absolute atomic E-state index is 0.168. The summed E-state index contributed by atoms with van der Waals surface area (Å²) in [6.07, 6.45) is 5.82. The van der Waals surface area contributed by atoms with E-state index in [4.69, 9.17) is 4.74 Å². The van der Waals surface area contributed by atoms with Crippen molar-refractivity contribution in [3.05, 3.63) is 0 Å². The van der Waals surface area contributed by atoms with Crippen molar-refractivity contribution in [1.82, 2.24) is 10.2 Å². The normalized spacial score (nSPS) is 32.1. The minimum Gasteiger partial charge on any atom is -0.444 e. The van der Waals surface area contributed by atoms with E-state index in [1.54, 1.807) is 0 Å². The van der Waals surface area contributed by atoms with E-state index in [-0.39, 0.29) is 12.1 Å². The van der Waals surface area contributed by atoms with Gasteiger partial charge in [0.2, 0.25) is 0 Å². The number of nitrogens with one attached hydrogen (secondary N) is 1. The zero-order valence-corrected chi connectivity index (χ0v) is 15.2. The molecule has 4 nitrogen and oxygen atoms in total. The number of piperidine rings is 1. The highest BCUT2D eigenvalue weighted by molar-refractivity contribution is 5.68. The molecule has 1 aliphatic carbocycles. The number of hydrogen-bond acceptors (Lipinski definition) is 3. The number of hydrogen-bond donors (Lipinski definition) is 1. The van der Waals surface area contributed by atoms with Gasteiger partial charge in [0.15, 0.2) is 0 Å². The fourth-order valence-corrected chi connectivity index (χ4v) is 3.83. The van der Waals surface area contributed by atoms with Crippen molar-refractivity contribution in [1.29, 1.82) is 0 Å². The molecule has 3 atom stereocenters. The molecule has 1 saturated heterocycles. The smallest absolute Gasteiger partial charge is 0.410 e. The standard InChI is InChI=1S/C18H34N2O2/c1-13-15(19-14-9-10-18(5,6)12-14)8-7-11-20(13)16(21)22-17(2,3)4/h13-15,19H,7-12H2,1-6H3. The zero-order chi connectivity index (χ0) is 16.5. The molecule has 0 bridgehead atoms. The van der Waals surface area contributed by atoms with E-state index >= 15 is 0 Å². The molecule has 2 aliphatic rings. The van der Waals surface area contributed by atoms with Crippen LogP contribution in [-0.2, 0) is 4.74 Å². The Hall–Kier alpha value is -0.770. The molecule has 2 rings (SSSR count). The molecule has 22 heavy (non-hydrogen) atoms.